The van der Waals surface area contributed by atoms with Crippen molar-refractivity contribution in [2.45, 2.75) is 95.6 Å². The van der Waals surface area contributed by atoms with E-state index >= 15 is 0 Å². The van der Waals surface area contributed by atoms with Gasteiger partial charge in [0, 0.05) is 24.5 Å². The van der Waals surface area contributed by atoms with Gasteiger partial charge in [-0.05, 0) is 39.0 Å². The number of ether oxygens (including phenoxy) is 5. The number of allylic oxidation sites excluding steroid dienone is 3. The Hall–Kier alpha value is -2.04. The average Bonchev–Trinajstić information content (AvgIpc) is 3.65. The van der Waals surface area contributed by atoms with E-state index in [0.29, 0.717) is 25.9 Å². The highest BCUT2D eigenvalue weighted by atomic mass is 16.6. The summed E-state index contributed by atoms with van der Waals surface area (Å²) < 4.78 is 30.4. The number of hydrogen-bond donors (Lipinski definition) is 2. The normalized spacial score (nSPS) is 48.0. The van der Waals surface area contributed by atoms with Crippen LogP contribution in [0.1, 0.15) is 53.4 Å². The van der Waals surface area contributed by atoms with Gasteiger partial charge in [-0.2, -0.15) is 0 Å². The van der Waals surface area contributed by atoms with Crippen molar-refractivity contribution in [2.75, 3.05) is 19.8 Å². The zero-order chi connectivity index (χ0) is 27.3. The molecule has 5 aliphatic rings. The molecule has 9 heteroatoms. The molecular formula is C29H40O9. The lowest BCUT2D eigenvalue weighted by atomic mass is 9.51. The zero-order valence-electron chi connectivity index (χ0n) is 22.6. The minimum absolute atomic E-state index is 0.0195. The van der Waals surface area contributed by atoms with E-state index in [1.54, 1.807) is 32.1 Å². The number of carbonyl (C=O) groups excluding carboxylic acids is 2. The molecule has 2 saturated heterocycles. The minimum atomic E-state index is -1.33. The van der Waals surface area contributed by atoms with Gasteiger partial charge in [0.25, 0.3) is 0 Å². The molecule has 2 aliphatic carbocycles. The number of rotatable bonds is 1. The fourth-order valence-electron chi connectivity index (χ4n) is 7.04. The third-order valence-corrected chi connectivity index (χ3v) is 9.73. The molecule has 2 N–H and O–H groups in total. The summed E-state index contributed by atoms with van der Waals surface area (Å²) >= 11 is 0. The van der Waals surface area contributed by atoms with E-state index in [-0.39, 0.29) is 25.4 Å². The van der Waals surface area contributed by atoms with Crippen molar-refractivity contribution >= 4 is 11.9 Å². The number of carbonyl (C=O) groups is 2. The topological polar surface area (TPSA) is 124 Å². The third-order valence-electron chi connectivity index (χ3n) is 9.73. The highest BCUT2D eigenvalue weighted by Crippen LogP contribution is 2.72. The first-order valence-corrected chi connectivity index (χ1v) is 13.7. The minimum Gasteiger partial charge on any atom is -0.463 e. The quantitative estimate of drug-likeness (QED) is 0.298. The van der Waals surface area contributed by atoms with Crippen LogP contribution in [0.3, 0.4) is 0 Å². The summed E-state index contributed by atoms with van der Waals surface area (Å²) in [5.41, 5.74) is -0.771. The van der Waals surface area contributed by atoms with Crippen LogP contribution < -0.4 is 0 Å². The lowest BCUT2D eigenvalue weighted by Gasteiger charge is -2.58. The van der Waals surface area contributed by atoms with Crippen LogP contribution in [0, 0.1) is 16.7 Å². The zero-order valence-corrected chi connectivity index (χ0v) is 22.6. The van der Waals surface area contributed by atoms with Crippen LogP contribution in [0.4, 0.5) is 0 Å². The maximum Gasteiger partial charge on any atom is 0.335 e. The Morgan fingerprint density at radius 2 is 1.92 bits per heavy atom. The van der Waals surface area contributed by atoms with Gasteiger partial charge in [0.05, 0.1) is 30.3 Å². The Labute approximate surface area is 223 Å². The predicted molar refractivity (Wildman–Crippen MR) is 136 cm³/mol. The monoisotopic (exact) mass is 532 g/mol. The second kappa shape index (κ2) is 10.2. The van der Waals surface area contributed by atoms with E-state index in [1.165, 1.54) is 11.6 Å². The molecule has 210 valence electrons. The summed E-state index contributed by atoms with van der Waals surface area (Å²) in [6.07, 6.45) is 6.89. The fourth-order valence-corrected chi connectivity index (χ4v) is 7.04. The molecule has 0 aromatic heterocycles. The molecule has 2 bridgehead atoms. The smallest absolute Gasteiger partial charge is 0.335 e. The molecule has 0 aromatic rings. The summed E-state index contributed by atoms with van der Waals surface area (Å²) in [5, 5.41) is 20.8. The van der Waals surface area contributed by atoms with Crippen LogP contribution in [0.25, 0.3) is 0 Å². The van der Waals surface area contributed by atoms with Gasteiger partial charge in [-0.1, -0.05) is 43.7 Å². The van der Waals surface area contributed by atoms with Gasteiger partial charge in [0.15, 0.2) is 6.10 Å². The first-order valence-electron chi connectivity index (χ1n) is 13.7. The summed E-state index contributed by atoms with van der Waals surface area (Å²) in [6.45, 7) is 8.27. The van der Waals surface area contributed by atoms with Gasteiger partial charge >= 0.3 is 11.9 Å². The summed E-state index contributed by atoms with van der Waals surface area (Å²) in [5.74, 6) is -1.60. The Balaban J connectivity index is 1.51. The Bertz CT molecular complexity index is 1030. The van der Waals surface area contributed by atoms with E-state index < -0.39 is 58.7 Å². The number of epoxide rings is 1. The third kappa shape index (κ3) is 4.36. The molecule has 3 fully saturated rings. The van der Waals surface area contributed by atoms with Crippen molar-refractivity contribution < 1.29 is 43.5 Å². The summed E-state index contributed by atoms with van der Waals surface area (Å²) in [4.78, 5) is 26.0. The van der Waals surface area contributed by atoms with Crippen molar-refractivity contribution in [1.29, 1.82) is 0 Å². The van der Waals surface area contributed by atoms with Crippen molar-refractivity contribution in [3.8, 4) is 0 Å². The second-order valence-electron chi connectivity index (χ2n) is 11.9. The molecule has 5 rings (SSSR count). The molecule has 2 spiro atoms. The maximum atomic E-state index is 13.1. The second-order valence-corrected chi connectivity index (χ2v) is 11.9. The van der Waals surface area contributed by atoms with E-state index in [9.17, 15) is 19.8 Å². The van der Waals surface area contributed by atoms with Gasteiger partial charge < -0.3 is 33.9 Å². The fraction of sp³-hybridized carbons (Fsp3) is 0.724. The molecule has 0 amide bonds. The lowest BCUT2D eigenvalue weighted by Crippen LogP contribution is -2.66. The highest BCUT2D eigenvalue weighted by Gasteiger charge is 2.83. The lowest BCUT2D eigenvalue weighted by molar-refractivity contribution is -0.234. The van der Waals surface area contributed by atoms with Crippen LogP contribution in [0.5, 0.6) is 0 Å². The van der Waals surface area contributed by atoms with Crippen LogP contribution in [0.2, 0.25) is 0 Å². The van der Waals surface area contributed by atoms with Gasteiger partial charge in [-0.15, -0.1) is 0 Å². The molecule has 1 saturated carbocycles. The number of esters is 2. The number of cyclic esters (lactones) is 1. The SMILES string of the molecule is CC1=C[C@H]2O[C@@H]3CC4OC(=O)/C=C\C=C\[C@H]([C@@H](C)O)OCC[C@@H](C)[C@H](O)C(=O)OC[C@@]2(CC1)[C@@]4(C)[C@]31CO1. The van der Waals surface area contributed by atoms with Crippen molar-refractivity contribution in [3.63, 3.8) is 0 Å². The Morgan fingerprint density at radius 3 is 2.63 bits per heavy atom. The standard InChI is InChI=1S/C29H40O9/c1-17-9-11-28-15-35-26(33)25(32)18(2)10-12-34-20(19(3)30)7-5-6-8-24(31)38-21-14-23(37-22(28)13-17)29(16-36-29)27(21,28)4/h5-8,13,18-23,25,30,32H,9-12,14-16H2,1-4H3/b7-5+,8-6-/t18-,19-,20-,21?,22-,23-,25+,27+,28-,29+/m1/s1. The summed E-state index contributed by atoms with van der Waals surface area (Å²) in [6, 6.07) is 0. The largest absolute Gasteiger partial charge is 0.463 e. The molecule has 38 heavy (non-hydrogen) atoms. The van der Waals surface area contributed by atoms with Crippen LogP contribution in [-0.2, 0) is 33.3 Å². The maximum absolute atomic E-state index is 13.1. The summed E-state index contributed by atoms with van der Waals surface area (Å²) in [7, 11) is 0. The first-order chi connectivity index (χ1) is 18.0. The average molecular weight is 533 g/mol. The van der Waals surface area contributed by atoms with Crippen molar-refractivity contribution in [2.24, 2.45) is 16.7 Å². The predicted octanol–water partition coefficient (Wildman–Crippen LogP) is 2.39. The van der Waals surface area contributed by atoms with Crippen LogP contribution in [-0.4, -0.2) is 84.2 Å². The molecule has 10 atom stereocenters. The molecular weight excluding hydrogens is 492 g/mol. The number of hydrogen-bond acceptors (Lipinski definition) is 9. The van der Waals surface area contributed by atoms with E-state index in [4.69, 9.17) is 23.7 Å². The highest BCUT2D eigenvalue weighted by molar-refractivity contribution is 5.82. The van der Waals surface area contributed by atoms with Crippen LogP contribution >= 0.6 is 0 Å². The van der Waals surface area contributed by atoms with Gasteiger partial charge in [-0.3, -0.25) is 0 Å². The molecule has 9 nitrogen and oxygen atoms in total. The van der Waals surface area contributed by atoms with Crippen LogP contribution in [0.15, 0.2) is 36.0 Å². The first kappa shape index (κ1) is 27.5. The molecule has 3 aliphatic heterocycles. The molecule has 0 aromatic carbocycles. The Morgan fingerprint density at radius 1 is 1.16 bits per heavy atom. The van der Waals surface area contributed by atoms with Crippen molar-refractivity contribution in [1.82, 2.24) is 0 Å². The van der Waals surface area contributed by atoms with E-state index in [1.807, 2.05) is 0 Å². The van der Waals surface area contributed by atoms with E-state index in [2.05, 4.69) is 19.9 Å². The Kier molecular flexibility index (Phi) is 7.37. The number of aliphatic hydroxyl groups excluding tert-OH is 2. The molecule has 3 heterocycles. The van der Waals surface area contributed by atoms with Crippen molar-refractivity contribution in [3.05, 3.63) is 36.0 Å². The number of aliphatic hydroxyl groups is 2. The van der Waals surface area contributed by atoms with E-state index in [0.717, 1.165) is 6.42 Å². The van der Waals surface area contributed by atoms with Gasteiger partial charge in [-0.25, -0.2) is 9.59 Å². The van der Waals surface area contributed by atoms with Gasteiger partial charge in [0.1, 0.15) is 24.4 Å². The molecule has 1 unspecified atom stereocenters. The van der Waals surface area contributed by atoms with Gasteiger partial charge in [0.2, 0.25) is 0 Å². The molecule has 0 radical (unpaired) electrons.